The summed E-state index contributed by atoms with van der Waals surface area (Å²) in [4.78, 5) is 14.2. The normalized spacial score (nSPS) is 12.4. The summed E-state index contributed by atoms with van der Waals surface area (Å²) in [5.74, 6) is 1.07. The van der Waals surface area contributed by atoms with Gasteiger partial charge in [0.25, 0.3) is 0 Å². The fraction of sp³-hybridized carbons (Fsp3) is 0.533. The number of carbonyl (C=O) groups is 1. The molecule has 3 N–H and O–H groups in total. The maximum atomic E-state index is 11.9. The molecular formula is C15H24ClN3OS. The van der Waals surface area contributed by atoms with Gasteiger partial charge in [0.15, 0.2) is 0 Å². The van der Waals surface area contributed by atoms with Crippen LogP contribution >= 0.6 is 23.4 Å². The van der Waals surface area contributed by atoms with Crippen LogP contribution in [0.1, 0.15) is 19.8 Å². The molecule has 1 amide bonds. The van der Waals surface area contributed by atoms with E-state index in [-0.39, 0.29) is 5.91 Å². The molecule has 0 heterocycles. The Kier molecular flexibility index (Phi) is 7.93. The number of nitrogen functional groups attached to an aromatic ring is 1. The third kappa shape index (κ3) is 6.59. The summed E-state index contributed by atoms with van der Waals surface area (Å²) in [5, 5.41) is 3.37. The molecular weight excluding hydrogens is 306 g/mol. The van der Waals surface area contributed by atoms with Crippen LogP contribution in [0.4, 0.5) is 11.4 Å². The predicted molar refractivity (Wildman–Crippen MR) is 94.2 cm³/mol. The number of nitrogens with zero attached hydrogens (tertiary/aromatic N) is 1. The molecule has 1 rings (SSSR count). The highest BCUT2D eigenvalue weighted by atomic mass is 35.5. The lowest BCUT2D eigenvalue weighted by atomic mass is 10.2. The molecule has 0 aliphatic heterocycles. The maximum absolute atomic E-state index is 11.9. The van der Waals surface area contributed by atoms with Gasteiger partial charge in [-0.25, -0.2) is 0 Å². The molecule has 0 aromatic heterocycles. The first-order valence-corrected chi connectivity index (χ1v) is 8.75. The van der Waals surface area contributed by atoms with E-state index in [0.717, 1.165) is 18.7 Å². The molecule has 1 aromatic carbocycles. The van der Waals surface area contributed by atoms with Crippen molar-refractivity contribution in [2.45, 2.75) is 25.8 Å². The standard InChI is InChI=1S/C15H24ClN3OS/c1-11(10-21-3)19(2)8-4-5-15(20)18-14-9-12(16)6-7-13(14)17/h6-7,9,11H,4-5,8,10,17H2,1-3H3,(H,18,20). The number of nitrogens with two attached hydrogens (primary N) is 1. The molecule has 0 spiro atoms. The molecule has 0 fully saturated rings. The van der Waals surface area contributed by atoms with Crippen LogP contribution in [0.25, 0.3) is 0 Å². The van der Waals surface area contributed by atoms with E-state index in [0.29, 0.717) is 28.9 Å². The number of amides is 1. The van der Waals surface area contributed by atoms with Crippen molar-refractivity contribution >= 4 is 40.6 Å². The Morgan fingerprint density at radius 2 is 2.24 bits per heavy atom. The van der Waals surface area contributed by atoms with Crippen molar-refractivity contribution < 1.29 is 4.79 Å². The monoisotopic (exact) mass is 329 g/mol. The topological polar surface area (TPSA) is 58.4 Å². The smallest absolute Gasteiger partial charge is 0.224 e. The van der Waals surface area contributed by atoms with Gasteiger partial charge in [0, 0.05) is 23.2 Å². The Balaban J connectivity index is 2.36. The van der Waals surface area contributed by atoms with Gasteiger partial charge in [-0.05, 0) is 51.4 Å². The van der Waals surface area contributed by atoms with Crippen LogP contribution in [-0.2, 0) is 4.79 Å². The molecule has 0 radical (unpaired) electrons. The number of hydrogen-bond acceptors (Lipinski definition) is 4. The number of hydrogen-bond donors (Lipinski definition) is 2. The van der Waals surface area contributed by atoms with Crippen LogP contribution in [0.2, 0.25) is 5.02 Å². The van der Waals surface area contributed by atoms with Gasteiger partial charge < -0.3 is 16.0 Å². The van der Waals surface area contributed by atoms with Gasteiger partial charge in [-0.15, -0.1) is 0 Å². The molecule has 0 aliphatic carbocycles. The van der Waals surface area contributed by atoms with E-state index in [1.54, 1.807) is 18.2 Å². The second-order valence-corrected chi connectivity index (χ2v) is 6.52. The van der Waals surface area contributed by atoms with E-state index in [9.17, 15) is 4.79 Å². The summed E-state index contributed by atoms with van der Waals surface area (Å²) < 4.78 is 0. The zero-order chi connectivity index (χ0) is 15.8. The molecule has 118 valence electrons. The van der Waals surface area contributed by atoms with Crippen LogP contribution in [0.3, 0.4) is 0 Å². The summed E-state index contributed by atoms with van der Waals surface area (Å²) in [6, 6.07) is 5.58. The van der Waals surface area contributed by atoms with Crippen LogP contribution in [0.5, 0.6) is 0 Å². The molecule has 1 unspecified atom stereocenters. The van der Waals surface area contributed by atoms with Crippen LogP contribution in [0.15, 0.2) is 18.2 Å². The summed E-state index contributed by atoms with van der Waals surface area (Å²) >= 11 is 7.73. The van der Waals surface area contributed by atoms with E-state index < -0.39 is 0 Å². The molecule has 4 nitrogen and oxygen atoms in total. The van der Waals surface area contributed by atoms with Gasteiger partial charge in [-0.3, -0.25) is 4.79 Å². The lowest BCUT2D eigenvalue weighted by molar-refractivity contribution is -0.116. The Hall–Kier alpha value is -0.910. The molecule has 6 heteroatoms. The average Bonchev–Trinajstić information content (AvgIpc) is 2.43. The summed E-state index contributed by atoms with van der Waals surface area (Å²) in [5.41, 5.74) is 6.91. The third-order valence-corrected chi connectivity index (χ3v) is 4.42. The van der Waals surface area contributed by atoms with Gasteiger partial charge in [0.2, 0.25) is 5.91 Å². The molecule has 1 atom stereocenters. The zero-order valence-electron chi connectivity index (χ0n) is 12.9. The predicted octanol–water partition coefficient (Wildman–Crippen LogP) is 3.32. The molecule has 0 saturated heterocycles. The Bertz CT molecular complexity index is 470. The minimum Gasteiger partial charge on any atom is -0.397 e. The van der Waals surface area contributed by atoms with Crippen molar-refractivity contribution in [3.05, 3.63) is 23.2 Å². The largest absolute Gasteiger partial charge is 0.397 e. The highest BCUT2D eigenvalue weighted by molar-refractivity contribution is 7.98. The van der Waals surface area contributed by atoms with E-state index in [1.807, 2.05) is 11.8 Å². The molecule has 0 aliphatic rings. The van der Waals surface area contributed by atoms with Gasteiger partial charge in [-0.2, -0.15) is 11.8 Å². The number of benzene rings is 1. The number of carbonyl (C=O) groups excluding carboxylic acids is 1. The fourth-order valence-corrected chi connectivity index (χ4v) is 2.84. The van der Waals surface area contributed by atoms with E-state index in [4.69, 9.17) is 17.3 Å². The molecule has 1 aromatic rings. The van der Waals surface area contributed by atoms with Gasteiger partial charge in [0.05, 0.1) is 11.4 Å². The Labute approximate surface area is 136 Å². The lowest BCUT2D eigenvalue weighted by Gasteiger charge is -2.23. The SMILES string of the molecule is CSCC(C)N(C)CCCC(=O)Nc1cc(Cl)ccc1N. The van der Waals surface area contributed by atoms with Gasteiger partial charge >= 0.3 is 0 Å². The fourth-order valence-electron chi connectivity index (χ4n) is 1.93. The minimum atomic E-state index is -0.0325. The first-order chi connectivity index (χ1) is 9.93. The number of nitrogens with one attached hydrogen (secondary N) is 1. The number of thioether (sulfide) groups is 1. The highest BCUT2D eigenvalue weighted by Crippen LogP contribution is 2.23. The first-order valence-electron chi connectivity index (χ1n) is 6.98. The number of rotatable bonds is 8. The second-order valence-electron chi connectivity index (χ2n) is 5.17. The molecule has 0 bridgehead atoms. The first kappa shape index (κ1) is 18.1. The minimum absolute atomic E-state index is 0.0325. The third-order valence-electron chi connectivity index (χ3n) is 3.36. The molecule has 0 saturated carbocycles. The zero-order valence-corrected chi connectivity index (χ0v) is 14.4. The van der Waals surface area contributed by atoms with Crippen molar-refractivity contribution in [1.82, 2.24) is 4.90 Å². The highest BCUT2D eigenvalue weighted by Gasteiger charge is 2.10. The summed E-state index contributed by atoms with van der Waals surface area (Å²) in [7, 11) is 2.09. The van der Waals surface area contributed by atoms with Crippen molar-refractivity contribution in [3.63, 3.8) is 0 Å². The van der Waals surface area contributed by atoms with E-state index in [2.05, 4.69) is 30.4 Å². The van der Waals surface area contributed by atoms with Crippen LogP contribution in [0, 0.1) is 0 Å². The van der Waals surface area contributed by atoms with Crippen LogP contribution < -0.4 is 11.1 Å². The summed E-state index contributed by atoms with van der Waals surface area (Å²) in [6.07, 6.45) is 3.40. The maximum Gasteiger partial charge on any atom is 0.224 e. The van der Waals surface area contributed by atoms with Crippen molar-refractivity contribution in [2.24, 2.45) is 0 Å². The number of anilines is 2. The lowest BCUT2D eigenvalue weighted by Crippen LogP contribution is -2.32. The second kappa shape index (κ2) is 9.18. The van der Waals surface area contributed by atoms with E-state index in [1.165, 1.54) is 0 Å². The van der Waals surface area contributed by atoms with Crippen LogP contribution in [-0.4, -0.2) is 42.4 Å². The Morgan fingerprint density at radius 1 is 1.52 bits per heavy atom. The number of halogens is 1. The van der Waals surface area contributed by atoms with E-state index >= 15 is 0 Å². The quantitative estimate of drug-likeness (QED) is 0.718. The molecule has 21 heavy (non-hydrogen) atoms. The van der Waals surface area contributed by atoms with Crippen molar-refractivity contribution in [2.75, 3.05) is 36.7 Å². The average molecular weight is 330 g/mol. The van der Waals surface area contributed by atoms with Gasteiger partial charge in [0.1, 0.15) is 0 Å². The van der Waals surface area contributed by atoms with Crippen molar-refractivity contribution in [1.29, 1.82) is 0 Å². The van der Waals surface area contributed by atoms with Crippen molar-refractivity contribution in [3.8, 4) is 0 Å². The summed E-state index contributed by atoms with van der Waals surface area (Å²) in [6.45, 7) is 3.10. The van der Waals surface area contributed by atoms with Gasteiger partial charge in [-0.1, -0.05) is 11.6 Å². The Morgan fingerprint density at radius 3 is 2.90 bits per heavy atom.